The fraction of sp³-hybridized carbons (Fsp3) is 0.455. The number of rotatable bonds is 1. The van der Waals surface area contributed by atoms with Gasteiger partial charge in [0, 0.05) is 18.7 Å². The lowest BCUT2D eigenvalue weighted by molar-refractivity contribution is 0.0445. The summed E-state index contributed by atoms with van der Waals surface area (Å²) in [5.41, 5.74) is -1.19. The lowest BCUT2D eigenvalue weighted by atomic mass is 9.92. The number of benzene rings is 1. The minimum atomic E-state index is -1.25. The van der Waals surface area contributed by atoms with Crippen molar-refractivity contribution in [2.24, 2.45) is 0 Å². The van der Waals surface area contributed by atoms with Gasteiger partial charge in [0.2, 0.25) is 0 Å². The molecule has 0 bridgehead atoms. The molecule has 15 heavy (non-hydrogen) atoms. The zero-order valence-corrected chi connectivity index (χ0v) is 8.50. The summed E-state index contributed by atoms with van der Waals surface area (Å²) in [4.78, 5) is 1.89. The Balaban J connectivity index is 2.41. The number of hydrogen-bond acceptors (Lipinski definition) is 2. The van der Waals surface area contributed by atoms with Crippen LogP contribution in [0.2, 0.25) is 0 Å². The smallest absolute Gasteiger partial charge is 0.164 e. The highest BCUT2D eigenvalue weighted by molar-refractivity contribution is 5.27. The second-order valence-corrected chi connectivity index (χ2v) is 4.12. The van der Waals surface area contributed by atoms with Crippen molar-refractivity contribution in [3.8, 4) is 0 Å². The summed E-state index contributed by atoms with van der Waals surface area (Å²) in [6.45, 7) is 1.03. The minimum Gasteiger partial charge on any atom is -0.384 e. The van der Waals surface area contributed by atoms with E-state index < -0.39 is 17.2 Å². The predicted octanol–water partition coefficient (Wildman–Crippen LogP) is 1.49. The van der Waals surface area contributed by atoms with Crippen molar-refractivity contribution in [3.05, 3.63) is 35.4 Å². The molecule has 0 aromatic heterocycles. The first kappa shape index (κ1) is 10.5. The fourth-order valence-electron chi connectivity index (χ4n) is 2.06. The third-order valence-corrected chi connectivity index (χ3v) is 2.89. The molecule has 1 aromatic rings. The van der Waals surface area contributed by atoms with Gasteiger partial charge < -0.3 is 10.0 Å². The van der Waals surface area contributed by atoms with Crippen LogP contribution in [-0.4, -0.2) is 30.1 Å². The maximum Gasteiger partial charge on any atom is 0.164 e. The van der Waals surface area contributed by atoms with Crippen molar-refractivity contribution < 1.29 is 13.9 Å². The molecule has 0 spiro atoms. The van der Waals surface area contributed by atoms with Gasteiger partial charge in [0.1, 0.15) is 5.60 Å². The van der Waals surface area contributed by atoms with E-state index in [-0.39, 0.29) is 5.56 Å². The van der Waals surface area contributed by atoms with Crippen molar-refractivity contribution in [1.29, 1.82) is 0 Å². The first-order chi connectivity index (χ1) is 7.03. The van der Waals surface area contributed by atoms with E-state index in [9.17, 15) is 13.9 Å². The minimum absolute atomic E-state index is 0.0619. The van der Waals surface area contributed by atoms with Gasteiger partial charge >= 0.3 is 0 Å². The van der Waals surface area contributed by atoms with E-state index in [0.717, 1.165) is 6.07 Å². The lowest BCUT2D eigenvalue weighted by Crippen LogP contribution is -2.30. The molecule has 0 saturated carbocycles. The predicted molar refractivity (Wildman–Crippen MR) is 52.4 cm³/mol. The normalized spacial score (nSPS) is 27.2. The van der Waals surface area contributed by atoms with Crippen molar-refractivity contribution >= 4 is 0 Å². The molecule has 1 aromatic carbocycles. The van der Waals surface area contributed by atoms with E-state index in [0.29, 0.717) is 19.5 Å². The third-order valence-electron chi connectivity index (χ3n) is 2.89. The average Bonchev–Trinajstić information content (AvgIpc) is 2.52. The Labute approximate surface area is 87.1 Å². The highest BCUT2D eigenvalue weighted by atomic mass is 19.2. The molecule has 1 fully saturated rings. The summed E-state index contributed by atoms with van der Waals surface area (Å²) in [7, 11) is 1.84. The summed E-state index contributed by atoms with van der Waals surface area (Å²) in [5, 5.41) is 10.2. The van der Waals surface area contributed by atoms with Gasteiger partial charge in [-0.05, 0) is 19.5 Å². The second-order valence-electron chi connectivity index (χ2n) is 4.12. The summed E-state index contributed by atoms with van der Waals surface area (Å²) in [5.74, 6) is -1.84. The molecule has 1 unspecified atom stereocenters. The van der Waals surface area contributed by atoms with Crippen LogP contribution >= 0.6 is 0 Å². The summed E-state index contributed by atoms with van der Waals surface area (Å²) >= 11 is 0. The molecule has 4 heteroatoms. The van der Waals surface area contributed by atoms with Crippen LogP contribution in [0.5, 0.6) is 0 Å². The van der Waals surface area contributed by atoms with E-state index in [2.05, 4.69) is 0 Å². The Bertz CT molecular complexity index is 383. The van der Waals surface area contributed by atoms with Crippen LogP contribution in [0.15, 0.2) is 18.2 Å². The highest BCUT2D eigenvalue weighted by Gasteiger charge is 2.38. The molecule has 82 valence electrons. The number of aliphatic hydroxyl groups is 1. The third kappa shape index (κ3) is 1.75. The standard InChI is InChI=1S/C11H13F2NO/c1-14-6-5-11(15,7-14)8-3-2-4-9(12)10(8)13/h2-4,15H,5-7H2,1H3. The van der Waals surface area contributed by atoms with Gasteiger partial charge in [0.25, 0.3) is 0 Å². The van der Waals surface area contributed by atoms with Crippen LogP contribution < -0.4 is 0 Å². The maximum absolute atomic E-state index is 13.5. The van der Waals surface area contributed by atoms with Crippen molar-refractivity contribution in [2.75, 3.05) is 20.1 Å². The van der Waals surface area contributed by atoms with Crippen molar-refractivity contribution in [2.45, 2.75) is 12.0 Å². The Morgan fingerprint density at radius 3 is 2.73 bits per heavy atom. The average molecular weight is 213 g/mol. The zero-order chi connectivity index (χ0) is 11.1. The molecular weight excluding hydrogens is 200 g/mol. The number of nitrogens with zero attached hydrogens (tertiary/aromatic N) is 1. The monoisotopic (exact) mass is 213 g/mol. The van der Waals surface area contributed by atoms with Crippen LogP contribution in [-0.2, 0) is 5.60 Å². The molecule has 1 aliphatic heterocycles. The van der Waals surface area contributed by atoms with Gasteiger partial charge in [0.15, 0.2) is 11.6 Å². The highest BCUT2D eigenvalue weighted by Crippen LogP contribution is 2.33. The van der Waals surface area contributed by atoms with Gasteiger partial charge in [-0.15, -0.1) is 0 Å². The molecular formula is C11H13F2NO. The van der Waals surface area contributed by atoms with Crippen LogP contribution in [0.1, 0.15) is 12.0 Å². The molecule has 0 amide bonds. The number of likely N-dealkylation sites (N-methyl/N-ethyl adjacent to an activating group) is 1. The zero-order valence-electron chi connectivity index (χ0n) is 8.50. The van der Waals surface area contributed by atoms with E-state index >= 15 is 0 Å². The quantitative estimate of drug-likeness (QED) is 0.764. The van der Waals surface area contributed by atoms with Gasteiger partial charge in [-0.25, -0.2) is 8.78 Å². The molecule has 0 radical (unpaired) electrons. The fourth-order valence-corrected chi connectivity index (χ4v) is 2.06. The molecule has 1 saturated heterocycles. The van der Waals surface area contributed by atoms with Crippen LogP contribution in [0.4, 0.5) is 8.78 Å². The van der Waals surface area contributed by atoms with E-state index in [1.165, 1.54) is 12.1 Å². The van der Waals surface area contributed by atoms with Gasteiger partial charge in [-0.1, -0.05) is 12.1 Å². The number of likely N-dealkylation sites (tertiary alicyclic amines) is 1. The molecule has 1 atom stereocenters. The van der Waals surface area contributed by atoms with Crippen molar-refractivity contribution in [3.63, 3.8) is 0 Å². The Morgan fingerprint density at radius 2 is 2.13 bits per heavy atom. The van der Waals surface area contributed by atoms with Crippen molar-refractivity contribution in [1.82, 2.24) is 4.90 Å². The number of halogens is 2. The largest absolute Gasteiger partial charge is 0.384 e. The van der Waals surface area contributed by atoms with E-state index in [1.54, 1.807) is 0 Å². The van der Waals surface area contributed by atoms with Gasteiger partial charge in [0.05, 0.1) is 0 Å². The van der Waals surface area contributed by atoms with E-state index in [1.807, 2.05) is 11.9 Å². The maximum atomic E-state index is 13.5. The van der Waals surface area contributed by atoms with Gasteiger partial charge in [-0.3, -0.25) is 0 Å². The second kappa shape index (κ2) is 3.54. The summed E-state index contributed by atoms with van der Waals surface area (Å²) in [6, 6.07) is 3.92. The van der Waals surface area contributed by atoms with E-state index in [4.69, 9.17) is 0 Å². The first-order valence-electron chi connectivity index (χ1n) is 4.88. The molecule has 1 aliphatic rings. The first-order valence-corrected chi connectivity index (χ1v) is 4.88. The topological polar surface area (TPSA) is 23.5 Å². The van der Waals surface area contributed by atoms with Crippen LogP contribution in [0, 0.1) is 11.6 Å². The lowest BCUT2D eigenvalue weighted by Gasteiger charge is -2.23. The van der Waals surface area contributed by atoms with Gasteiger partial charge in [-0.2, -0.15) is 0 Å². The van der Waals surface area contributed by atoms with Crippen LogP contribution in [0.3, 0.4) is 0 Å². The molecule has 2 rings (SSSR count). The van der Waals surface area contributed by atoms with Crippen LogP contribution in [0.25, 0.3) is 0 Å². The summed E-state index contributed by atoms with van der Waals surface area (Å²) < 4.78 is 26.5. The molecule has 0 aliphatic carbocycles. The Kier molecular flexibility index (Phi) is 2.48. The Morgan fingerprint density at radius 1 is 1.40 bits per heavy atom. The molecule has 1 N–H and O–H groups in total. The SMILES string of the molecule is CN1CCC(O)(c2cccc(F)c2F)C1. The molecule has 2 nitrogen and oxygen atoms in total. The number of hydrogen-bond donors (Lipinski definition) is 1. The molecule has 1 heterocycles. The number of β-amino-alcohol motifs (C(OH)–C–C–N with tert-alkyl or cyclic N) is 1. The Hall–Kier alpha value is -1.00. The summed E-state index contributed by atoms with van der Waals surface area (Å²) in [6.07, 6.45) is 0.434.